The van der Waals surface area contributed by atoms with E-state index in [4.69, 9.17) is 4.74 Å². The van der Waals surface area contributed by atoms with Crippen molar-refractivity contribution in [2.45, 2.75) is 51.6 Å². The number of hydrogen-bond donors (Lipinski definition) is 1. The maximum absolute atomic E-state index is 13.6. The van der Waals surface area contributed by atoms with Crippen molar-refractivity contribution in [2.75, 3.05) is 13.7 Å². The van der Waals surface area contributed by atoms with Gasteiger partial charge in [0, 0.05) is 25.9 Å². The number of aryl methyl sites for hydroxylation is 1. The highest BCUT2D eigenvalue weighted by Gasteiger charge is 2.30. The van der Waals surface area contributed by atoms with Crippen molar-refractivity contribution in [3.8, 4) is 5.75 Å². The quantitative estimate of drug-likeness (QED) is 0.349. The highest BCUT2D eigenvalue weighted by Crippen LogP contribution is 2.19. The first-order valence-corrected chi connectivity index (χ1v) is 12.4. The van der Waals surface area contributed by atoms with E-state index < -0.39 is 6.04 Å². The Balaban J connectivity index is 1.87. The van der Waals surface area contributed by atoms with Gasteiger partial charge < -0.3 is 15.0 Å². The summed E-state index contributed by atoms with van der Waals surface area (Å²) >= 11 is 0. The predicted octanol–water partition coefficient (Wildman–Crippen LogP) is 5.18. The molecule has 0 aliphatic carbocycles. The van der Waals surface area contributed by atoms with E-state index in [-0.39, 0.29) is 11.8 Å². The van der Waals surface area contributed by atoms with E-state index in [1.807, 2.05) is 84.9 Å². The molecule has 5 nitrogen and oxygen atoms in total. The van der Waals surface area contributed by atoms with Crippen LogP contribution in [0.1, 0.15) is 42.9 Å². The van der Waals surface area contributed by atoms with E-state index in [0.717, 1.165) is 35.3 Å². The number of carbonyl (C=O) groups is 2. The Labute approximate surface area is 209 Å². The first-order valence-electron chi connectivity index (χ1n) is 12.4. The molecule has 1 atom stereocenters. The molecule has 0 heterocycles. The van der Waals surface area contributed by atoms with Crippen LogP contribution >= 0.6 is 0 Å². The molecule has 0 saturated heterocycles. The average molecular weight is 473 g/mol. The molecule has 35 heavy (non-hydrogen) atoms. The lowest BCUT2D eigenvalue weighted by molar-refractivity contribution is -0.141. The molecule has 0 aromatic heterocycles. The molecule has 184 valence electrons. The molecule has 0 radical (unpaired) electrons. The van der Waals surface area contributed by atoms with Crippen molar-refractivity contribution in [3.05, 3.63) is 102 Å². The third-order valence-corrected chi connectivity index (χ3v) is 6.08. The Bertz CT molecular complexity index is 1040. The maximum atomic E-state index is 13.6. The van der Waals surface area contributed by atoms with Gasteiger partial charge in [0.05, 0.1) is 7.11 Å². The Hall–Kier alpha value is -3.60. The van der Waals surface area contributed by atoms with Crippen LogP contribution in [-0.2, 0) is 29.0 Å². The second-order valence-electron chi connectivity index (χ2n) is 8.71. The smallest absolute Gasteiger partial charge is 0.243 e. The second-order valence-corrected chi connectivity index (χ2v) is 8.71. The summed E-state index contributed by atoms with van der Waals surface area (Å²) in [5.74, 6) is 0.619. The molecule has 0 spiro atoms. The van der Waals surface area contributed by atoms with E-state index in [1.165, 1.54) is 0 Å². The van der Waals surface area contributed by atoms with Crippen LogP contribution in [0.25, 0.3) is 0 Å². The zero-order chi connectivity index (χ0) is 24.9. The van der Waals surface area contributed by atoms with E-state index in [0.29, 0.717) is 32.4 Å². The van der Waals surface area contributed by atoms with Gasteiger partial charge in [-0.3, -0.25) is 9.59 Å². The number of unbranched alkanes of at least 4 members (excludes halogenated alkanes) is 1. The predicted molar refractivity (Wildman–Crippen MR) is 140 cm³/mol. The third kappa shape index (κ3) is 8.29. The molecular formula is C30H36N2O3. The van der Waals surface area contributed by atoms with Gasteiger partial charge in [0.1, 0.15) is 11.8 Å². The molecule has 0 aliphatic heterocycles. The number of nitrogens with zero attached hydrogens (tertiary/aromatic N) is 1. The lowest BCUT2D eigenvalue weighted by Crippen LogP contribution is -2.50. The van der Waals surface area contributed by atoms with E-state index in [1.54, 1.807) is 12.0 Å². The van der Waals surface area contributed by atoms with Crippen LogP contribution in [0.15, 0.2) is 84.9 Å². The zero-order valence-electron chi connectivity index (χ0n) is 20.8. The number of hydrogen-bond acceptors (Lipinski definition) is 3. The monoisotopic (exact) mass is 472 g/mol. The highest BCUT2D eigenvalue weighted by atomic mass is 16.5. The van der Waals surface area contributed by atoms with Gasteiger partial charge in [0.2, 0.25) is 11.8 Å². The minimum absolute atomic E-state index is 0.0313. The highest BCUT2D eigenvalue weighted by molar-refractivity contribution is 5.88. The maximum Gasteiger partial charge on any atom is 0.243 e. The number of carbonyl (C=O) groups excluding carboxylic acids is 2. The molecule has 3 aromatic rings. The molecule has 3 aromatic carbocycles. The van der Waals surface area contributed by atoms with Gasteiger partial charge in [0.25, 0.3) is 0 Å². The Kier molecular flexibility index (Phi) is 10.4. The summed E-state index contributed by atoms with van der Waals surface area (Å²) < 4.78 is 5.28. The average Bonchev–Trinajstić information content (AvgIpc) is 2.91. The van der Waals surface area contributed by atoms with Crippen LogP contribution in [0.4, 0.5) is 0 Å². The zero-order valence-corrected chi connectivity index (χ0v) is 20.8. The summed E-state index contributed by atoms with van der Waals surface area (Å²) in [7, 11) is 1.63. The number of nitrogens with one attached hydrogen (secondary N) is 1. The molecule has 2 amide bonds. The van der Waals surface area contributed by atoms with Gasteiger partial charge in [0.15, 0.2) is 0 Å². The van der Waals surface area contributed by atoms with Crippen LogP contribution < -0.4 is 10.1 Å². The SMILES string of the molecule is CCCCNC(=O)C(Cc1ccccc1)N(Cc1ccc(OC)cc1)C(=O)CCc1ccccc1. The summed E-state index contributed by atoms with van der Waals surface area (Å²) in [6.07, 6.45) is 3.34. The fraction of sp³-hybridized carbons (Fsp3) is 0.333. The van der Waals surface area contributed by atoms with Crippen molar-refractivity contribution < 1.29 is 14.3 Å². The molecule has 5 heteroatoms. The molecular weight excluding hydrogens is 436 g/mol. The molecule has 1 unspecified atom stereocenters. The van der Waals surface area contributed by atoms with Crippen molar-refractivity contribution in [1.82, 2.24) is 10.2 Å². The topological polar surface area (TPSA) is 58.6 Å². The molecule has 3 rings (SSSR count). The largest absolute Gasteiger partial charge is 0.497 e. The molecule has 0 saturated carbocycles. The van der Waals surface area contributed by atoms with Gasteiger partial charge in [-0.05, 0) is 41.7 Å². The van der Waals surface area contributed by atoms with Crippen molar-refractivity contribution in [1.29, 1.82) is 0 Å². The number of amides is 2. The number of benzene rings is 3. The van der Waals surface area contributed by atoms with E-state index in [9.17, 15) is 9.59 Å². The summed E-state index contributed by atoms with van der Waals surface area (Å²) in [6, 6.07) is 27.0. The number of rotatable bonds is 13. The van der Waals surface area contributed by atoms with Gasteiger partial charge in [-0.15, -0.1) is 0 Å². The van der Waals surface area contributed by atoms with Crippen LogP contribution in [0, 0.1) is 0 Å². The lowest BCUT2D eigenvalue weighted by Gasteiger charge is -2.32. The molecule has 0 bridgehead atoms. The Morgan fingerprint density at radius 2 is 1.49 bits per heavy atom. The summed E-state index contributed by atoms with van der Waals surface area (Å²) in [6.45, 7) is 3.06. The molecule has 0 aliphatic rings. The fourth-order valence-electron chi connectivity index (χ4n) is 4.03. The molecule has 0 fully saturated rings. The van der Waals surface area contributed by atoms with E-state index in [2.05, 4.69) is 12.2 Å². The van der Waals surface area contributed by atoms with Crippen molar-refractivity contribution >= 4 is 11.8 Å². The summed E-state index contributed by atoms with van der Waals surface area (Å²) in [4.78, 5) is 28.8. The van der Waals surface area contributed by atoms with Crippen LogP contribution in [-0.4, -0.2) is 36.4 Å². The second kappa shape index (κ2) is 14.0. The standard InChI is InChI=1S/C30H36N2O3/c1-3-4-21-31-30(34)28(22-25-13-9-6-10-14-25)32(23-26-15-18-27(35-2)19-16-26)29(33)20-17-24-11-7-5-8-12-24/h5-16,18-19,28H,3-4,17,20-23H2,1-2H3,(H,31,34). The first kappa shape index (κ1) is 26.0. The van der Waals surface area contributed by atoms with Crippen LogP contribution in [0.2, 0.25) is 0 Å². The van der Waals surface area contributed by atoms with E-state index >= 15 is 0 Å². The molecule has 1 N–H and O–H groups in total. The Morgan fingerprint density at radius 1 is 0.857 bits per heavy atom. The van der Waals surface area contributed by atoms with Gasteiger partial charge in [-0.1, -0.05) is 86.1 Å². The van der Waals surface area contributed by atoms with Crippen LogP contribution in [0.3, 0.4) is 0 Å². The van der Waals surface area contributed by atoms with Crippen molar-refractivity contribution in [2.24, 2.45) is 0 Å². The number of ether oxygens (including phenoxy) is 1. The number of methoxy groups -OCH3 is 1. The van der Waals surface area contributed by atoms with Gasteiger partial charge in [-0.25, -0.2) is 0 Å². The van der Waals surface area contributed by atoms with Crippen LogP contribution in [0.5, 0.6) is 5.75 Å². The van der Waals surface area contributed by atoms with Gasteiger partial charge in [-0.2, -0.15) is 0 Å². The summed E-state index contributed by atoms with van der Waals surface area (Å²) in [5, 5.41) is 3.06. The fourth-order valence-corrected chi connectivity index (χ4v) is 4.03. The third-order valence-electron chi connectivity index (χ3n) is 6.08. The summed E-state index contributed by atoms with van der Waals surface area (Å²) in [5.41, 5.74) is 3.09. The lowest BCUT2D eigenvalue weighted by atomic mass is 10.0. The first-order chi connectivity index (χ1) is 17.1. The minimum Gasteiger partial charge on any atom is -0.497 e. The van der Waals surface area contributed by atoms with Gasteiger partial charge >= 0.3 is 0 Å². The normalized spacial score (nSPS) is 11.5. The minimum atomic E-state index is -0.598. The van der Waals surface area contributed by atoms with Crippen molar-refractivity contribution in [3.63, 3.8) is 0 Å². The Morgan fingerprint density at radius 3 is 2.09 bits per heavy atom.